The Labute approximate surface area is 96.2 Å². The molecule has 1 aliphatic heterocycles. The maximum Gasteiger partial charge on any atom is 0.148 e. The van der Waals surface area contributed by atoms with Gasteiger partial charge in [0, 0.05) is 13.1 Å². The van der Waals surface area contributed by atoms with Gasteiger partial charge in [0.05, 0.1) is 11.4 Å². The van der Waals surface area contributed by atoms with Gasteiger partial charge >= 0.3 is 0 Å². The summed E-state index contributed by atoms with van der Waals surface area (Å²) >= 11 is 0. The number of halogens is 1. The Hall–Kier alpha value is -1.25. The van der Waals surface area contributed by atoms with Crippen molar-refractivity contribution in [1.82, 2.24) is 0 Å². The largest absolute Gasteiger partial charge is 0.397 e. The van der Waals surface area contributed by atoms with Crippen LogP contribution in [0.4, 0.5) is 15.8 Å². The summed E-state index contributed by atoms with van der Waals surface area (Å²) in [5.74, 6) is 0.402. The maximum atomic E-state index is 13.6. The lowest BCUT2D eigenvalue weighted by Gasteiger charge is -2.47. The van der Waals surface area contributed by atoms with Crippen LogP contribution in [0.5, 0.6) is 0 Å². The first kappa shape index (κ1) is 11.2. The molecule has 2 N–H and O–H groups in total. The molecule has 2 rings (SSSR count). The predicted octanol–water partition coefficient (Wildman–Crippen LogP) is 2.89. The summed E-state index contributed by atoms with van der Waals surface area (Å²) in [5, 5.41) is 0. The van der Waals surface area contributed by atoms with E-state index in [0.717, 1.165) is 13.1 Å². The molecule has 1 aromatic rings. The lowest BCUT2D eigenvalue weighted by molar-refractivity contribution is 0.194. The number of nitrogens with two attached hydrogens (primary N) is 1. The fraction of sp³-hybridized carbons (Fsp3) is 0.538. The number of anilines is 2. The zero-order chi connectivity index (χ0) is 11.9. The van der Waals surface area contributed by atoms with Gasteiger partial charge < -0.3 is 10.6 Å². The monoisotopic (exact) mass is 222 g/mol. The van der Waals surface area contributed by atoms with Crippen molar-refractivity contribution in [2.24, 2.45) is 11.3 Å². The highest BCUT2D eigenvalue weighted by Gasteiger charge is 2.37. The Kier molecular flexibility index (Phi) is 2.56. The Morgan fingerprint density at radius 1 is 1.31 bits per heavy atom. The molecule has 0 aromatic heterocycles. The second-order valence-corrected chi connectivity index (χ2v) is 5.65. The van der Waals surface area contributed by atoms with Crippen LogP contribution in [0.15, 0.2) is 18.2 Å². The first-order valence-corrected chi connectivity index (χ1v) is 5.68. The maximum absolute atomic E-state index is 13.6. The molecule has 1 fully saturated rings. The molecule has 0 saturated carbocycles. The van der Waals surface area contributed by atoms with E-state index in [4.69, 9.17) is 5.73 Å². The number of nitrogens with zero attached hydrogens (tertiary/aromatic N) is 1. The van der Waals surface area contributed by atoms with Crippen molar-refractivity contribution < 1.29 is 4.39 Å². The molecule has 0 amide bonds. The normalized spacial score (nSPS) is 17.4. The molecule has 0 unspecified atom stereocenters. The first-order chi connectivity index (χ1) is 7.39. The van der Waals surface area contributed by atoms with Crippen LogP contribution in [0, 0.1) is 17.2 Å². The van der Waals surface area contributed by atoms with Gasteiger partial charge in [0.25, 0.3) is 0 Å². The van der Waals surface area contributed by atoms with E-state index in [-0.39, 0.29) is 11.2 Å². The standard InChI is InChI=1S/C13H19FN2/c1-13(2,3)9-7-16(8-9)12-10(14)5-4-6-11(12)15/h4-6,9H,7-8,15H2,1-3H3. The van der Waals surface area contributed by atoms with Crippen molar-refractivity contribution >= 4 is 11.4 Å². The smallest absolute Gasteiger partial charge is 0.148 e. The molecule has 2 nitrogen and oxygen atoms in total. The number of para-hydroxylation sites is 1. The predicted molar refractivity (Wildman–Crippen MR) is 66.0 cm³/mol. The number of benzene rings is 1. The van der Waals surface area contributed by atoms with Crippen molar-refractivity contribution in [3.63, 3.8) is 0 Å². The minimum atomic E-state index is -0.215. The van der Waals surface area contributed by atoms with Crippen LogP contribution in [0.1, 0.15) is 20.8 Å². The zero-order valence-corrected chi connectivity index (χ0v) is 10.1. The van der Waals surface area contributed by atoms with Crippen LogP contribution < -0.4 is 10.6 Å². The van der Waals surface area contributed by atoms with Crippen molar-refractivity contribution in [1.29, 1.82) is 0 Å². The van der Waals surface area contributed by atoms with Gasteiger partial charge in [0.15, 0.2) is 0 Å². The SMILES string of the molecule is CC(C)(C)C1CN(c2c(N)cccc2F)C1. The molecule has 1 saturated heterocycles. The minimum Gasteiger partial charge on any atom is -0.397 e. The lowest BCUT2D eigenvalue weighted by Crippen LogP contribution is -2.52. The molecule has 1 aromatic carbocycles. The molecule has 1 aliphatic rings. The van der Waals surface area contributed by atoms with Gasteiger partial charge in [-0.1, -0.05) is 26.8 Å². The van der Waals surface area contributed by atoms with Crippen molar-refractivity contribution in [3.05, 3.63) is 24.0 Å². The highest BCUT2D eigenvalue weighted by atomic mass is 19.1. The van der Waals surface area contributed by atoms with E-state index in [9.17, 15) is 4.39 Å². The fourth-order valence-electron chi connectivity index (χ4n) is 2.07. The second kappa shape index (κ2) is 3.65. The fourth-order valence-corrected chi connectivity index (χ4v) is 2.07. The van der Waals surface area contributed by atoms with Gasteiger partial charge in [0.1, 0.15) is 5.82 Å². The van der Waals surface area contributed by atoms with E-state index in [1.807, 2.05) is 4.90 Å². The number of hydrogen-bond acceptors (Lipinski definition) is 2. The average molecular weight is 222 g/mol. The van der Waals surface area contributed by atoms with Crippen LogP contribution in [0.3, 0.4) is 0 Å². The van der Waals surface area contributed by atoms with Crippen LogP contribution in [0.25, 0.3) is 0 Å². The molecule has 0 aliphatic carbocycles. The molecule has 0 bridgehead atoms. The topological polar surface area (TPSA) is 29.3 Å². The minimum absolute atomic E-state index is 0.215. The van der Waals surface area contributed by atoms with Crippen LogP contribution >= 0.6 is 0 Å². The summed E-state index contributed by atoms with van der Waals surface area (Å²) in [7, 11) is 0. The summed E-state index contributed by atoms with van der Waals surface area (Å²) < 4.78 is 13.6. The summed E-state index contributed by atoms with van der Waals surface area (Å²) in [6.45, 7) is 8.46. The molecular weight excluding hydrogens is 203 g/mol. The summed E-state index contributed by atoms with van der Waals surface area (Å²) in [5.41, 5.74) is 7.20. The van der Waals surface area contributed by atoms with Gasteiger partial charge in [0.2, 0.25) is 0 Å². The van der Waals surface area contributed by atoms with Gasteiger partial charge in [-0.2, -0.15) is 0 Å². The van der Waals surface area contributed by atoms with Gasteiger partial charge in [-0.25, -0.2) is 4.39 Å². The Morgan fingerprint density at radius 2 is 1.94 bits per heavy atom. The highest BCUT2D eigenvalue weighted by Crippen LogP contribution is 2.39. The second-order valence-electron chi connectivity index (χ2n) is 5.65. The molecule has 0 spiro atoms. The van der Waals surface area contributed by atoms with E-state index < -0.39 is 0 Å². The van der Waals surface area contributed by atoms with E-state index in [2.05, 4.69) is 20.8 Å². The Bertz CT molecular complexity index is 369. The average Bonchev–Trinajstić information content (AvgIpc) is 2.05. The summed E-state index contributed by atoms with van der Waals surface area (Å²) in [4.78, 5) is 2.03. The molecular formula is C13H19FN2. The zero-order valence-electron chi connectivity index (χ0n) is 10.1. The van der Waals surface area contributed by atoms with Crippen molar-refractivity contribution in [3.8, 4) is 0 Å². The molecule has 88 valence electrons. The third kappa shape index (κ3) is 1.86. The Morgan fingerprint density at radius 3 is 2.44 bits per heavy atom. The summed E-state index contributed by atoms with van der Waals surface area (Å²) in [6, 6.07) is 4.87. The van der Waals surface area contributed by atoms with E-state index in [0.29, 0.717) is 17.3 Å². The molecule has 16 heavy (non-hydrogen) atoms. The third-order valence-electron chi connectivity index (χ3n) is 3.44. The van der Waals surface area contributed by atoms with E-state index in [1.54, 1.807) is 12.1 Å². The van der Waals surface area contributed by atoms with Crippen LogP contribution in [-0.2, 0) is 0 Å². The van der Waals surface area contributed by atoms with Crippen molar-refractivity contribution in [2.75, 3.05) is 23.7 Å². The van der Waals surface area contributed by atoms with Gasteiger partial charge in [-0.3, -0.25) is 0 Å². The third-order valence-corrected chi connectivity index (χ3v) is 3.44. The Balaban J connectivity index is 2.13. The van der Waals surface area contributed by atoms with Gasteiger partial charge in [-0.15, -0.1) is 0 Å². The lowest BCUT2D eigenvalue weighted by atomic mass is 9.76. The number of nitrogen functional groups attached to an aromatic ring is 1. The van der Waals surface area contributed by atoms with Crippen LogP contribution in [-0.4, -0.2) is 13.1 Å². The number of rotatable bonds is 1. The quantitative estimate of drug-likeness (QED) is 0.740. The van der Waals surface area contributed by atoms with Gasteiger partial charge in [-0.05, 0) is 23.5 Å². The molecule has 1 heterocycles. The van der Waals surface area contributed by atoms with E-state index in [1.165, 1.54) is 6.07 Å². The van der Waals surface area contributed by atoms with Crippen molar-refractivity contribution in [2.45, 2.75) is 20.8 Å². The van der Waals surface area contributed by atoms with E-state index >= 15 is 0 Å². The molecule has 0 atom stereocenters. The highest BCUT2D eigenvalue weighted by molar-refractivity contribution is 5.69. The first-order valence-electron chi connectivity index (χ1n) is 5.68. The molecule has 3 heteroatoms. The summed E-state index contributed by atoms with van der Waals surface area (Å²) in [6.07, 6.45) is 0. The number of hydrogen-bond donors (Lipinski definition) is 1. The molecule has 0 radical (unpaired) electrons. The van der Waals surface area contributed by atoms with Crippen LogP contribution in [0.2, 0.25) is 0 Å².